The van der Waals surface area contributed by atoms with Crippen molar-refractivity contribution in [2.24, 2.45) is 0 Å². The maximum atomic E-state index is 14.6. The number of fused-ring (bicyclic) bond motifs is 1. The highest BCUT2D eigenvalue weighted by atomic mass is 35.5. The van der Waals surface area contributed by atoms with Crippen LogP contribution < -0.4 is 10.1 Å². The van der Waals surface area contributed by atoms with Crippen molar-refractivity contribution in [1.82, 2.24) is 25.6 Å². The highest BCUT2D eigenvalue weighted by molar-refractivity contribution is 5.95. The molecule has 2 aromatic heterocycles. The van der Waals surface area contributed by atoms with Crippen LogP contribution in [0.5, 0.6) is 5.75 Å². The third kappa shape index (κ3) is 5.14. The van der Waals surface area contributed by atoms with Crippen LogP contribution in [0.1, 0.15) is 21.3 Å². The van der Waals surface area contributed by atoms with E-state index in [9.17, 15) is 9.18 Å². The summed E-state index contributed by atoms with van der Waals surface area (Å²) in [4.78, 5) is 13.2. The number of carbonyl (C=O) groups excluding carboxylic acids is 1. The largest absolute Gasteiger partial charge is 0.488 e. The second-order valence-corrected chi connectivity index (χ2v) is 7.13. The molecule has 0 aliphatic carbocycles. The smallest absolute Gasteiger partial charge is 0.253 e. The van der Waals surface area contributed by atoms with Gasteiger partial charge in [0.15, 0.2) is 17.3 Å². The first kappa shape index (κ1) is 16.2. The molecule has 0 radical (unpaired) electrons. The number of rotatable bonds is 7. The molecule has 1 amide bonds. The van der Waals surface area contributed by atoms with E-state index in [0.717, 1.165) is 0 Å². The lowest BCUT2D eigenvalue weighted by atomic mass is 10.1. The van der Waals surface area contributed by atoms with Crippen molar-refractivity contribution in [3.63, 3.8) is 0 Å². The molecule has 1 saturated heterocycles. The molecule has 0 bridgehead atoms. The number of H-pyrrole nitrogens is 1. The fourth-order valence-corrected chi connectivity index (χ4v) is 3.32. The fraction of sp³-hybridized carbons (Fsp3) is 0.292. The van der Waals surface area contributed by atoms with Crippen LogP contribution in [0.25, 0.3) is 33.6 Å². The van der Waals surface area contributed by atoms with Crippen LogP contribution in [0.15, 0.2) is 47.0 Å². The Kier molecular flexibility index (Phi) is 5.04. The molecule has 0 spiro atoms. The van der Waals surface area contributed by atoms with Gasteiger partial charge in [-0.3, -0.25) is 9.89 Å². The van der Waals surface area contributed by atoms with Gasteiger partial charge in [0.2, 0.25) is 0 Å². The van der Waals surface area contributed by atoms with Gasteiger partial charge >= 0.3 is 0 Å². The number of carbonyl (C=O) groups is 1. The zero-order chi connectivity index (χ0) is 30.7. The molecule has 0 atom stereocenters. The van der Waals surface area contributed by atoms with Crippen LogP contribution >= 0.6 is 12.4 Å². The lowest BCUT2D eigenvalue weighted by Crippen LogP contribution is -2.46. The van der Waals surface area contributed by atoms with E-state index in [2.05, 4.69) is 15.4 Å². The van der Waals surface area contributed by atoms with Gasteiger partial charge in [0.1, 0.15) is 18.0 Å². The van der Waals surface area contributed by atoms with Crippen LogP contribution in [0.2, 0.25) is 0 Å². The van der Waals surface area contributed by atoms with Gasteiger partial charge in [0.05, 0.1) is 17.6 Å². The van der Waals surface area contributed by atoms with Gasteiger partial charge in [0, 0.05) is 67.2 Å². The zero-order valence-electron chi connectivity index (χ0n) is 26.2. The van der Waals surface area contributed by atoms with Gasteiger partial charge in [-0.2, -0.15) is 5.10 Å². The normalized spacial score (nSPS) is 22.7. The maximum absolute atomic E-state index is 14.6. The van der Waals surface area contributed by atoms with Crippen molar-refractivity contribution in [3.8, 4) is 28.5 Å². The molecule has 4 aromatic rings. The van der Waals surface area contributed by atoms with Gasteiger partial charge in [-0.25, -0.2) is 4.39 Å². The highest BCUT2D eigenvalue weighted by Crippen LogP contribution is 2.33. The summed E-state index contributed by atoms with van der Waals surface area (Å²) in [6.45, 7) is -12.3. The Morgan fingerprint density at radius 3 is 2.71 bits per heavy atom. The number of hydrogen-bond acceptors (Lipinski definition) is 7. The summed E-state index contributed by atoms with van der Waals surface area (Å²) in [6.07, 6.45) is 0. The molecule has 11 heteroatoms. The molecule has 0 unspecified atom stereocenters. The third-order valence-corrected chi connectivity index (χ3v) is 5.00. The molecular formula is C24H25ClFN5O4. The zero-order valence-corrected chi connectivity index (χ0v) is 19.0. The average Bonchev–Trinajstić information content (AvgIpc) is 3.54. The highest BCUT2D eigenvalue weighted by Gasteiger charge is 2.20. The number of ether oxygens (including phenoxy) is 2. The van der Waals surface area contributed by atoms with Gasteiger partial charge in [-0.1, -0.05) is 17.3 Å². The molecule has 184 valence electrons. The second kappa shape index (κ2) is 10.9. The standard InChI is InChI=1S/C24H24FN5O4.ClH/c1-32-10-11-33-21-14-20-17(12-18(21)25)23(28-27-20)22-13-19(29-34-22)15-2-4-16(5-3-15)24(31)30-8-6-26-7-9-30;/h2-5,12-14,26H,6-11H2,1H3,(H,27,28);1H/i6D2,7D2,8D2,9D2;. The van der Waals surface area contributed by atoms with E-state index in [1.807, 2.05) is 0 Å². The van der Waals surface area contributed by atoms with Gasteiger partial charge in [0.25, 0.3) is 5.91 Å². The van der Waals surface area contributed by atoms with E-state index in [4.69, 9.17) is 25.0 Å². The summed E-state index contributed by atoms with van der Waals surface area (Å²) in [6, 6.07) is 9.59. The van der Waals surface area contributed by atoms with E-state index in [-0.39, 0.29) is 53.3 Å². The van der Waals surface area contributed by atoms with Crippen LogP contribution in [0.3, 0.4) is 0 Å². The molecule has 3 heterocycles. The SMILES string of the molecule is Cl.[2H]C1([2H])NC([2H])([2H])C([2H])([2H])N(C(=O)c2ccc(-c3cc(-c4n[nH]c5cc(OCCOC)c(F)cc45)on3)cc2)C1([2H])[2H]. The fourth-order valence-electron chi connectivity index (χ4n) is 3.32. The molecule has 1 fully saturated rings. The van der Waals surface area contributed by atoms with Crippen molar-refractivity contribution in [2.75, 3.05) is 46.3 Å². The average molecular weight is 510 g/mol. The van der Waals surface area contributed by atoms with E-state index in [0.29, 0.717) is 22.2 Å². The summed E-state index contributed by atoms with van der Waals surface area (Å²) in [5.74, 6) is -1.64. The number of piperazine rings is 1. The Balaban J connectivity index is 0.00000423. The number of halogens is 2. The predicted molar refractivity (Wildman–Crippen MR) is 130 cm³/mol. The monoisotopic (exact) mass is 509 g/mol. The van der Waals surface area contributed by atoms with Crippen LogP contribution in [-0.4, -0.2) is 72.5 Å². The lowest BCUT2D eigenvalue weighted by molar-refractivity contribution is 0.0736. The second-order valence-electron chi connectivity index (χ2n) is 7.13. The number of benzene rings is 2. The van der Waals surface area contributed by atoms with Crippen LogP contribution in [0, 0.1) is 5.82 Å². The van der Waals surface area contributed by atoms with Crippen molar-refractivity contribution >= 4 is 29.2 Å². The van der Waals surface area contributed by atoms with E-state index in [1.165, 1.54) is 49.6 Å². The number of aromatic amines is 1. The van der Waals surface area contributed by atoms with E-state index >= 15 is 0 Å². The van der Waals surface area contributed by atoms with Gasteiger partial charge < -0.3 is 24.2 Å². The molecule has 1 aliphatic heterocycles. The Bertz CT molecular complexity index is 1620. The predicted octanol–water partition coefficient (Wildman–Crippen LogP) is 3.52. The summed E-state index contributed by atoms with van der Waals surface area (Å²) in [7, 11) is 1.50. The Morgan fingerprint density at radius 1 is 1.20 bits per heavy atom. The van der Waals surface area contributed by atoms with Crippen LogP contribution in [-0.2, 0) is 4.74 Å². The van der Waals surface area contributed by atoms with Gasteiger partial charge in [-0.05, 0) is 18.2 Å². The van der Waals surface area contributed by atoms with Crippen molar-refractivity contribution in [3.05, 3.63) is 53.8 Å². The van der Waals surface area contributed by atoms with E-state index < -0.39 is 37.7 Å². The lowest BCUT2D eigenvalue weighted by Gasteiger charge is -2.27. The number of nitrogens with zero attached hydrogens (tertiary/aromatic N) is 3. The molecular weight excluding hydrogens is 477 g/mol. The maximum Gasteiger partial charge on any atom is 0.253 e. The summed E-state index contributed by atoms with van der Waals surface area (Å²) < 4.78 is 94.4. The summed E-state index contributed by atoms with van der Waals surface area (Å²) >= 11 is 0. The van der Waals surface area contributed by atoms with Crippen molar-refractivity contribution in [1.29, 1.82) is 0 Å². The minimum absolute atomic E-state index is 0. The van der Waals surface area contributed by atoms with E-state index in [1.54, 1.807) is 5.32 Å². The quantitative estimate of drug-likeness (QED) is 0.367. The minimum atomic E-state index is -3.25. The number of hydrogen-bond donors (Lipinski definition) is 2. The molecule has 1 aliphatic rings. The first-order valence-electron chi connectivity index (χ1n) is 14.1. The number of aromatic nitrogens is 3. The van der Waals surface area contributed by atoms with Crippen LogP contribution in [0.4, 0.5) is 4.39 Å². The summed E-state index contributed by atoms with van der Waals surface area (Å²) in [5.41, 5.74) is 1.30. The first-order chi connectivity index (χ1) is 19.6. The molecule has 35 heavy (non-hydrogen) atoms. The molecule has 2 N–H and O–H groups in total. The van der Waals surface area contributed by atoms with Gasteiger partial charge in [-0.15, -0.1) is 12.4 Å². The number of nitrogens with one attached hydrogen (secondary N) is 2. The van der Waals surface area contributed by atoms with Crippen molar-refractivity contribution in [2.45, 2.75) is 0 Å². The first-order valence-corrected chi connectivity index (χ1v) is 10.1. The molecule has 5 rings (SSSR count). The topological polar surface area (TPSA) is 106 Å². The molecule has 9 nitrogen and oxygen atoms in total. The number of amides is 1. The van der Waals surface area contributed by atoms with Crippen molar-refractivity contribution < 1.29 is 34.1 Å². The molecule has 0 saturated carbocycles. The Hall–Kier alpha value is -3.47. The minimum Gasteiger partial charge on any atom is -0.488 e. The number of methoxy groups -OCH3 is 1. The molecule has 2 aromatic carbocycles. The third-order valence-electron chi connectivity index (χ3n) is 5.00. The summed E-state index contributed by atoms with van der Waals surface area (Å²) in [5, 5.41) is 13.1. The Labute approximate surface area is 218 Å². The Morgan fingerprint density at radius 2 is 1.97 bits per heavy atom.